The van der Waals surface area contributed by atoms with Crippen molar-refractivity contribution < 1.29 is 37.1 Å². The van der Waals surface area contributed by atoms with Gasteiger partial charge in [0.15, 0.2) is 0 Å². The van der Waals surface area contributed by atoms with Crippen LogP contribution in [-0.4, -0.2) is 152 Å². The first kappa shape index (κ1) is 58.9. The molecular weight excluding hydrogens is 1000 g/mol. The Morgan fingerprint density at radius 3 is 2.14 bits per heavy atom. The number of aldehydes is 2. The Morgan fingerprint density at radius 2 is 1.51 bits per heavy atom. The fourth-order valence-corrected chi connectivity index (χ4v) is 10.1. The van der Waals surface area contributed by atoms with Crippen LogP contribution in [0.5, 0.6) is 0 Å². The second kappa shape index (κ2) is 28.2. The summed E-state index contributed by atoms with van der Waals surface area (Å²) in [5.74, 6) is -0.0431. The van der Waals surface area contributed by atoms with Gasteiger partial charge < -0.3 is 19.4 Å². The maximum Gasteiger partial charge on any atom is 0.418 e. The number of hydrogen-bond donors (Lipinski definition) is 1. The van der Waals surface area contributed by atoms with E-state index in [0.717, 1.165) is 92.2 Å². The molecule has 9 rings (SSSR count). The van der Waals surface area contributed by atoms with Crippen LogP contribution in [0.15, 0.2) is 100 Å². The number of imide groups is 1. The van der Waals surface area contributed by atoms with Gasteiger partial charge in [0, 0.05) is 102 Å². The number of carbonyl (C=O) groups is 4. The van der Waals surface area contributed by atoms with Crippen LogP contribution in [0, 0.1) is 0 Å². The molecule has 2 amide bonds. The van der Waals surface area contributed by atoms with Crippen molar-refractivity contribution in [3.63, 3.8) is 0 Å². The number of carbonyl (C=O) groups excluding carboxylic acids is 4. The predicted octanol–water partition coefficient (Wildman–Crippen LogP) is 8.26. The van der Waals surface area contributed by atoms with E-state index < -0.39 is 17.4 Å². The number of hydrogen-bond acceptors (Lipinski definition) is 12. The smallest absolute Gasteiger partial charge is 0.377 e. The first-order valence-electron chi connectivity index (χ1n) is 27.1. The first-order valence-corrected chi connectivity index (χ1v) is 27.1. The van der Waals surface area contributed by atoms with Crippen LogP contribution in [0.4, 0.5) is 18.9 Å². The van der Waals surface area contributed by atoms with Gasteiger partial charge in [0.05, 0.1) is 35.5 Å². The summed E-state index contributed by atoms with van der Waals surface area (Å²) in [5, 5.41) is 9.58. The van der Waals surface area contributed by atoms with Crippen molar-refractivity contribution in [1.82, 2.24) is 33.9 Å². The molecule has 0 bridgehead atoms. The summed E-state index contributed by atoms with van der Waals surface area (Å²) >= 11 is 0. The lowest BCUT2D eigenvalue weighted by atomic mass is 9.88. The average molecular weight is 1080 g/mol. The molecule has 3 aliphatic heterocycles. The number of piperidine rings is 3. The predicted molar refractivity (Wildman–Crippen MR) is 299 cm³/mol. The molecule has 1 atom stereocenters. The highest BCUT2D eigenvalue weighted by molar-refractivity contribution is 6.00. The van der Waals surface area contributed by atoms with Gasteiger partial charge in [0.1, 0.15) is 18.9 Å². The number of anilines is 1. The molecule has 418 valence electrons. The minimum Gasteiger partial charge on any atom is -0.377 e. The van der Waals surface area contributed by atoms with E-state index in [1.54, 1.807) is 18.5 Å². The molecule has 0 radical (unpaired) electrons. The van der Waals surface area contributed by atoms with E-state index in [2.05, 4.69) is 36.9 Å². The summed E-state index contributed by atoms with van der Waals surface area (Å²) in [6, 6.07) is 21.8. The molecule has 1 saturated carbocycles. The van der Waals surface area contributed by atoms with Gasteiger partial charge in [-0.2, -0.15) is 18.3 Å². The van der Waals surface area contributed by atoms with Crippen molar-refractivity contribution in [2.75, 3.05) is 79.0 Å². The van der Waals surface area contributed by atoms with Gasteiger partial charge in [-0.25, -0.2) is 4.79 Å². The summed E-state index contributed by atoms with van der Waals surface area (Å²) in [7, 11) is 7.69. The van der Waals surface area contributed by atoms with Crippen molar-refractivity contribution in [3.05, 3.63) is 135 Å². The fraction of sp³-hybridized carbons (Fsp3) is 0.475. The minimum atomic E-state index is -4.61. The van der Waals surface area contributed by atoms with E-state index in [1.165, 1.54) is 54.3 Å². The van der Waals surface area contributed by atoms with Gasteiger partial charge in [0.2, 0.25) is 11.8 Å². The number of ether oxygens (including phenoxy) is 1. The number of aromatic nitrogens is 2. The van der Waals surface area contributed by atoms with E-state index in [-0.39, 0.29) is 29.5 Å². The third-order valence-corrected chi connectivity index (χ3v) is 15.1. The molecule has 1 N–H and O–H groups in total. The monoisotopic (exact) mass is 1080 g/mol. The third kappa shape index (κ3) is 16.4. The Hall–Kier alpha value is -6.80. The maximum atomic E-state index is 14.2. The van der Waals surface area contributed by atoms with Crippen molar-refractivity contribution in [3.8, 4) is 5.69 Å². The van der Waals surface area contributed by atoms with E-state index in [9.17, 15) is 37.1 Å². The lowest BCUT2D eigenvalue weighted by Gasteiger charge is -2.34. The highest BCUT2D eigenvalue weighted by Gasteiger charge is 2.35. The molecule has 1 unspecified atom stereocenters. The number of imidazole rings is 1. The largest absolute Gasteiger partial charge is 0.418 e. The zero-order valence-electron chi connectivity index (χ0n) is 45.5. The molecule has 5 aromatic rings. The number of nitrogens with zero attached hydrogens (tertiary/aromatic N) is 9. The van der Waals surface area contributed by atoms with Crippen molar-refractivity contribution in [2.24, 2.45) is 10.2 Å². The fourth-order valence-electron chi connectivity index (χ4n) is 10.1. The number of likely N-dealkylation sites (tertiary alicyclic amines) is 1. The van der Waals surface area contributed by atoms with Crippen LogP contribution in [0.3, 0.4) is 0 Å². The molecule has 3 saturated heterocycles. The van der Waals surface area contributed by atoms with Crippen LogP contribution >= 0.6 is 0 Å². The number of benzene rings is 3. The molecule has 19 heteroatoms. The molecule has 16 nitrogen and oxygen atoms in total. The second-order valence-electron chi connectivity index (χ2n) is 21.1. The number of pyridine rings is 1. The van der Waals surface area contributed by atoms with Gasteiger partial charge in [-0.15, -0.1) is 5.10 Å². The van der Waals surface area contributed by atoms with Gasteiger partial charge >= 0.3 is 11.9 Å². The molecule has 3 aromatic carbocycles. The normalized spacial score (nSPS) is 17.6. The van der Waals surface area contributed by atoms with Crippen molar-refractivity contribution >= 4 is 48.6 Å². The molecule has 4 fully saturated rings. The Labute approximate surface area is 455 Å². The number of nitrogens with one attached hydrogen (secondary N) is 1. The van der Waals surface area contributed by atoms with Gasteiger partial charge in [-0.3, -0.25) is 43.3 Å². The van der Waals surface area contributed by atoms with Crippen LogP contribution in [0.25, 0.3) is 11.2 Å². The Morgan fingerprint density at radius 1 is 0.795 bits per heavy atom. The third-order valence-electron chi connectivity index (χ3n) is 15.1. The van der Waals surface area contributed by atoms with Crippen molar-refractivity contribution in [1.29, 1.82) is 0 Å². The number of halogens is 3. The summed E-state index contributed by atoms with van der Waals surface area (Å²) in [6.45, 7) is 9.48. The number of likely N-dealkylation sites (N-methyl/N-ethyl adjacent to an activating group) is 3. The zero-order chi connectivity index (χ0) is 55.8. The minimum absolute atomic E-state index is 0.157. The SMILES string of the molecule is C1CCC1.C=N/N=C\N(C)CCc1cccc(-n2cc3c(C(F)(F)F)cc(CN4CCC(OCCN(C)C)CC4)cn3c2=O)c1.CN(Cc1cc(N2CCC(c3ccc(C=O)cc3)CC2)ccc1C=O)C1CCC(=O)NC1=O. The summed E-state index contributed by atoms with van der Waals surface area (Å²) in [5.41, 5.74) is 4.88. The van der Waals surface area contributed by atoms with E-state index in [0.29, 0.717) is 73.8 Å². The lowest BCUT2D eigenvalue weighted by Crippen LogP contribution is -2.51. The number of amides is 2. The topological polar surface area (TPSA) is 157 Å². The zero-order valence-corrected chi connectivity index (χ0v) is 45.5. The first-order chi connectivity index (χ1) is 37.5. The molecule has 0 spiro atoms. The number of alkyl halides is 3. The lowest BCUT2D eigenvalue weighted by molar-refractivity contribution is -0.138. The summed E-state index contributed by atoms with van der Waals surface area (Å²) in [6.07, 6.45) is 12.8. The van der Waals surface area contributed by atoms with Crippen LogP contribution in [0.2, 0.25) is 0 Å². The van der Waals surface area contributed by atoms with Crippen molar-refractivity contribution in [2.45, 2.75) is 108 Å². The highest BCUT2D eigenvalue weighted by atomic mass is 19.4. The van der Waals surface area contributed by atoms with Gasteiger partial charge in [-0.1, -0.05) is 62.1 Å². The Bertz CT molecular complexity index is 2900. The average Bonchev–Trinajstić information content (AvgIpc) is 3.83. The Kier molecular flexibility index (Phi) is 21.3. The second-order valence-corrected chi connectivity index (χ2v) is 21.1. The molecular formula is C59H75F3N10O6. The van der Waals surface area contributed by atoms with E-state index >= 15 is 0 Å². The Balaban J connectivity index is 0.000000215. The standard InChI is InChI=1S/C29H38F3N7O2.C26H29N3O4.C4H8/c1-33-34-21-36(4)11-8-22-6-5-7-24(16-22)38-20-27-26(29(30,31)32)17-23(19-39(27)28(38)40)18-37-12-9-25(10-13-37)41-15-14-35(2)3;1-28(24-8-9-25(32)27-26(24)33)15-22-14-23(7-6-21(22)17-31)29-12-10-20(11-13-29)19-4-2-18(16-30)3-5-19;1-2-4-3-1/h5-7,16-17,19-21,25H,1,8-15,18H2,2-4H3;2-7,14,16-17,20,24H,8-13,15H2,1H3,(H,27,32,33);1-4H2/b34-21-;;. The summed E-state index contributed by atoms with van der Waals surface area (Å²) < 4.78 is 50.9. The van der Waals surface area contributed by atoms with E-state index in [1.807, 2.05) is 92.6 Å². The molecule has 2 aromatic heterocycles. The number of rotatable bonds is 19. The maximum absolute atomic E-state index is 14.2. The highest BCUT2D eigenvalue weighted by Crippen LogP contribution is 2.35. The molecule has 5 heterocycles. The quantitative estimate of drug-likeness (QED) is 0.0279. The number of fused-ring (bicyclic) bond motifs is 1. The molecule has 4 aliphatic rings. The van der Waals surface area contributed by atoms with Crippen LogP contribution < -0.4 is 15.9 Å². The molecule has 78 heavy (non-hydrogen) atoms. The molecule has 1 aliphatic carbocycles. The van der Waals surface area contributed by atoms with Crippen LogP contribution in [0.1, 0.15) is 119 Å². The van der Waals surface area contributed by atoms with Gasteiger partial charge in [0.25, 0.3) is 0 Å². The summed E-state index contributed by atoms with van der Waals surface area (Å²) in [4.78, 5) is 69.9. The van der Waals surface area contributed by atoms with Gasteiger partial charge in [-0.05, 0) is 124 Å². The van der Waals surface area contributed by atoms with E-state index in [4.69, 9.17) is 4.74 Å². The van der Waals surface area contributed by atoms with Crippen LogP contribution in [-0.2, 0) is 40.0 Å².